The maximum atomic E-state index is 11.2. The summed E-state index contributed by atoms with van der Waals surface area (Å²) in [5.41, 5.74) is -0.147. The van der Waals surface area contributed by atoms with E-state index in [2.05, 4.69) is 18.7 Å². The monoisotopic (exact) mass is 227 g/mol. The average Bonchev–Trinajstić information content (AvgIpc) is 2.37. The average molecular weight is 227 g/mol. The molecular formula is C13H25NO2. The molecule has 0 radical (unpaired) electrons. The lowest BCUT2D eigenvalue weighted by Crippen LogP contribution is -2.43. The molecule has 1 fully saturated rings. The summed E-state index contributed by atoms with van der Waals surface area (Å²) in [4.78, 5) is 13.6. The van der Waals surface area contributed by atoms with E-state index in [1.54, 1.807) is 0 Å². The normalized spacial score (nSPS) is 19.9. The molecule has 0 aromatic rings. The summed E-state index contributed by atoms with van der Waals surface area (Å²) in [5.74, 6) is 0.477. The van der Waals surface area contributed by atoms with Gasteiger partial charge in [0.1, 0.15) is 6.29 Å². The Kier molecular flexibility index (Phi) is 5.42. The standard InChI is InChI=1S/C13H25NO2/c1-3-13(4-2,11-16)10-14-7-5-12(9-15)6-8-14/h11-12,15H,3-10H2,1-2H3. The molecule has 0 amide bonds. The lowest BCUT2D eigenvalue weighted by molar-refractivity contribution is -0.118. The molecule has 1 rings (SSSR count). The van der Waals surface area contributed by atoms with E-state index in [1.807, 2.05) is 0 Å². The van der Waals surface area contributed by atoms with E-state index in [0.29, 0.717) is 12.5 Å². The second kappa shape index (κ2) is 6.36. The first-order valence-corrected chi connectivity index (χ1v) is 6.49. The Hall–Kier alpha value is -0.410. The van der Waals surface area contributed by atoms with Crippen molar-refractivity contribution in [2.45, 2.75) is 39.5 Å². The molecule has 3 nitrogen and oxygen atoms in total. The molecule has 0 spiro atoms. The molecule has 0 aliphatic carbocycles. The van der Waals surface area contributed by atoms with Gasteiger partial charge >= 0.3 is 0 Å². The van der Waals surface area contributed by atoms with Crippen molar-refractivity contribution in [1.29, 1.82) is 0 Å². The van der Waals surface area contributed by atoms with Crippen molar-refractivity contribution in [3.05, 3.63) is 0 Å². The van der Waals surface area contributed by atoms with Crippen LogP contribution in [-0.4, -0.2) is 42.5 Å². The van der Waals surface area contributed by atoms with Gasteiger partial charge < -0.3 is 14.8 Å². The van der Waals surface area contributed by atoms with Crippen molar-refractivity contribution >= 4 is 6.29 Å². The van der Waals surface area contributed by atoms with Gasteiger partial charge in [0.15, 0.2) is 0 Å². The predicted octanol–water partition coefficient (Wildman–Crippen LogP) is 1.70. The summed E-state index contributed by atoms with van der Waals surface area (Å²) in [6.45, 7) is 7.45. The number of hydrogen-bond donors (Lipinski definition) is 1. The van der Waals surface area contributed by atoms with Crippen molar-refractivity contribution in [2.75, 3.05) is 26.2 Å². The van der Waals surface area contributed by atoms with Crippen LogP contribution in [-0.2, 0) is 4.79 Å². The Morgan fingerprint density at radius 3 is 2.25 bits per heavy atom. The van der Waals surface area contributed by atoms with Crippen molar-refractivity contribution in [1.82, 2.24) is 4.90 Å². The quantitative estimate of drug-likeness (QED) is 0.702. The lowest BCUT2D eigenvalue weighted by Gasteiger charge is -2.37. The van der Waals surface area contributed by atoms with Crippen molar-refractivity contribution in [2.24, 2.45) is 11.3 Å². The second-order valence-electron chi connectivity index (χ2n) is 5.09. The largest absolute Gasteiger partial charge is 0.396 e. The number of aldehydes is 1. The molecule has 16 heavy (non-hydrogen) atoms. The van der Waals surface area contributed by atoms with Crippen molar-refractivity contribution in [3.63, 3.8) is 0 Å². The first kappa shape index (κ1) is 13.7. The zero-order valence-electron chi connectivity index (χ0n) is 10.6. The van der Waals surface area contributed by atoms with Crippen LogP contribution < -0.4 is 0 Å². The highest BCUT2D eigenvalue weighted by atomic mass is 16.3. The molecule has 0 aromatic carbocycles. The number of rotatable bonds is 6. The number of likely N-dealkylation sites (tertiary alicyclic amines) is 1. The minimum absolute atomic E-state index is 0.147. The Morgan fingerprint density at radius 2 is 1.88 bits per heavy atom. The van der Waals surface area contributed by atoms with E-state index in [9.17, 15) is 4.79 Å². The molecule has 1 heterocycles. The van der Waals surface area contributed by atoms with Gasteiger partial charge in [0.2, 0.25) is 0 Å². The van der Waals surface area contributed by atoms with Gasteiger partial charge in [-0.05, 0) is 44.7 Å². The first-order valence-electron chi connectivity index (χ1n) is 6.49. The van der Waals surface area contributed by atoms with Crippen LogP contribution in [0.15, 0.2) is 0 Å². The number of carbonyl (C=O) groups excluding carboxylic acids is 1. The highest BCUT2D eigenvalue weighted by Crippen LogP contribution is 2.27. The summed E-state index contributed by atoms with van der Waals surface area (Å²) >= 11 is 0. The van der Waals surface area contributed by atoms with Gasteiger partial charge in [0.05, 0.1) is 0 Å². The molecule has 0 aromatic heterocycles. The van der Waals surface area contributed by atoms with Crippen LogP contribution in [0.1, 0.15) is 39.5 Å². The summed E-state index contributed by atoms with van der Waals surface area (Å²) < 4.78 is 0. The molecule has 1 aliphatic heterocycles. The van der Waals surface area contributed by atoms with E-state index < -0.39 is 0 Å². The molecule has 0 bridgehead atoms. The minimum Gasteiger partial charge on any atom is -0.396 e. The van der Waals surface area contributed by atoms with E-state index in [1.165, 1.54) is 0 Å². The topological polar surface area (TPSA) is 40.5 Å². The Labute approximate surface area is 98.8 Å². The molecule has 0 unspecified atom stereocenters. The zero-order chi connectivity index (χ0) is 12.0. The Morgan fingerprint density at radius 1 is 1.31 bits per heavy atom. The lowest BCUT2D eigenvalue weighted by atomic mass is 9.82. The van der Waals surface area contributed by atoms with Gasteiger partial charge in [-0.15, -0.1) is 0 Å². The molecular weight excluding hydrogens is 202 g/mol. The van der Waals surface area contributed by atoms with E-state index >= 15 is 0 Å². The van der Waals surface area contributed by atoms with E-state index in [-0.39, 0.29) is 5.41 Å². The van der Waals surface area contributed by atoms with Gasteiger partial charge in [-0.3, -0.25) is 0 Å². The van der Waals surface area contributed by atoms with Gasteiger partial charge in [-0.1, -0.05) is 13.8 Å². The second-order valence-corrected chi connectivity index (χ2v) is 5.09. The number of piperidine rings is 1. The van der Waals surface area contributed by atoms with E-state index in [4.69, 9.17) is 5.11 Å². The fourth-order valence-electron chi connectivity index (χ4n) is 2.45. The van der Waals surface area contributed by atoms with Crippen LogP contribution >= 0.6 is 0 Å². The minimum atomic E-state index is -0.147. The molecule has 1 N–H and O–H groups in total. The maximum Gasteiger partial charge on any atom is 0.127 e. The zero-order valence-corrected chi connectivity index (χ0v) is 10.6. The van der Waals surface area contributed by atoms with Gasteiger partial charge in [0.25, 0.3) is 0 Å². The third-order valence-electron chi connectivity index (χ3n) is 4.16. The molecule has 0 atom stereocenters. The number of aliphatic hydroxyl groups excluding tert-OH is 1. The molecule has 1 saturated heterocycles. The number of carbonyl (C=O) groups is 1. The fourth-order valence-corrected chi connectivity index (χ4v) is 2.45. The van der Waals surface area contributed by atoms with Gasteiger partial charge in [0, 0.05) is 18.6 Å². The van der Waals surface area contributed by atoms with Crippen LogP contribution in [0.5, 0.6) is 0 Å². The number of nitrogens with zero attached hydrogens (tertiary/aromatic N) is 1. The highest BCUT2D eigenvalue weighted by Gasteiger charge is 2.30. The van der Waals surface area contributed by atoms with Gasteiger partial charge in [-0.2, -0.15) is 0 Å². The molecule has 1 aliphatic rings. The van der Waals surface area contributed by atoms with Crippen LogP contribution in [0.2, 0.25) is 0 Å². The predicted molar refractivity (Wildman–Crippen MR) is 65.3 cm³/mol. The SMILES string of the molecule is CCC(C=O)(CC)CN1CCC(CO)CC1. The Balaban J connectivity index is 2.45. The smallest absolute Gasteiger partial charge is 0.127 e. The summed E-state index contributed by atoms with van der Waals surface area (Å²) in [7, 11) is 0. The molecule has 3 heteroatoms. The Bertz CT molecular complexity index is 206. The summed E-state index contributed by atoms with van der Waals surface area (Å²) in [6, 6.07) is 0. The number of hydrogen-bond acceptors (Lipinski definition) is 3. The third kappa shape index (κ3) is 3.29. The van der Waals surface area contributed by atoms with Crippen molar-refractivity contribution in [3.8, 4) is 0 Å². The fraction of sp³-hybridized carbons (Fsp3) is 0.923. The maximum absolute atomic E-state index is 11.2. The highest BCUT2D eigenvalue weighted by molar-refractivity contribution is 5.59. The van der Waals surface area contributed by atoms with Gasteiger partial charge in [-0.25, -0.2) is 0 Å². The van der Waals surface area contributed by atoms with E-state index in [0.717, 1.165) is 51.6 Å². The molecule has 0 saturated carbocycles. The third-order valence-corrected chi connectivity index (χ3v) is 4.16. The van der Waals surface area contributed by atoms with Crippen LogP contribution in [0.3, 0.4) is 0 Å². The summed E-state index contributed by atoms with van der Waals surface area (Å²) in [6.07, 6.45) is 5.13. The van der Waals surface area contributed by atoms with Crippen LogP contribution in [0.25, 0.3) is 0 Å². The van der Waals surface area contributed by atoms with Crippen LogP contribution in [0.4, 0.5) is 0 Å². The molecule has 94 valence electrons. The first-order chi connectivity index (χ1) is 7.69. The van der Waals surface area contributed by atoms with Crippen molar-refractivity contribution < 1.29 is 9.90 Å². The summed E-state index contributed by atoms with van der Waals surface area (Å²) in [5, 5.41) is 9.07. The number of aliphatic hydroxyl groups is 1. The van der Waals surface area contributed by atoms with Crippen LogP contribution in [0, 0.1) is 11.3 Å².